The Balaban J connectivity index is 2.50. The van der Waals surface area contributed by atoms with Crippen molar-refractivity contribution in [3.8, 4) is 0 Å². The Morgan fingerprint density at radius 3 is 2.53 bits per heavy atom. The van der Waals surface area contributed by atoms with Crippen molar-refractivity contribution < 1.29 is 14.7 Å². The molecule has 1 aliphatic rings. The van der Waals surface area contributed by atoms with Gasteiger partial charge in [-0.25, -0.2) is 9.59 Å². The fraction of sp³-hybridized carbons (Fsp3) is 0.833. The van der Waals surface area contributed by atoms with E-state index in [2.05, 4.69) is 19.2 Å². The zero-order valence-electron chi connectivity index (χ0n) is 10.8. The van der Waals surface area contributed by atoms with Crippen molar-refractivity contribution in [3.63, 3.8) is 0 Å². The highest BCUT2D eigenvalue weighted by Gasteiger charge is 2.27. The molecule has 0 aromatic rings. The van der Waals surface area contributed by atoms with E-state index in [-0.39, 0.29) is 6.03 Å². The predicted molar refractivity (Wildman–Crippen MR) is 64.8 cm³/mol. The fourth-order valence-corrected chi connectivity index (χ4v) is 2.03. The average Bonchev–Trinajstić information content (AvgIpc) is 2.28. The number of nitrogens with zero attached hydrogens (tertiary/aromatic N) is 1. The van der Waals surface area contributed by atoms with Crippen LogP contribution in [0.1, 0.15) is 33.6 Å². The first-order chi connectivity index (χ1) is 7.95. The van der Waals surface area contributed by atoms with Crippen LogP contribution in [-0.2, 0) is 4.79 Å². The van der Waals surface area contributed by atoms with Crippen molar-refractivity contribution in [2.24, 2.45) is 11.8 Å². The van der Waals surface area contributed by atoms with E-state index in [1.165, 1.54) is 0 Å². The number of hydrogen-bond donors (Lipinski definition) is 2. The smallest absolute Gasteiger partial charge is 0.326 e. The summed E-state index contributed by atoms with van der Waals surface area (Å²) in [4.78, 5) is 24.4. The summed E-state index contributed by atoms with van der Waals surface area (Å²) in [6.07, 6.45) is 1.39. The number of nitrogens with one attached hydrogen (secondary N) is 1. The minimum Gasteiger partial charge on any atom is -0.480 e. The van der Waals surface area contributed by atoms with Gasteiger partial charge in [0.25, 0.3) is 0 Å². The summed E-state index contributed by atoms with van der Waals surface area (Å²) >= 11 is 0. The summed E-state index contributed by atoms with van der Waals surface area (Å²) in [5.74, 6) is 0.124. The monoisotopic (exact) mass is 242 g/mol. The number of aliphatic carboxylic acids is 1. The maximum absolute atomic E-state index is 11.9. The Morgan fingerprint density at radius 2 is 2.06 bits per heavy atom. The lowest BCUT2D eigenvalue weighted by atomic mass is 9.89. The van der Waals surface area contributed by atoms with Gasteiger partial charge in [-0.05, 0) is 24.7 Å². The molecule has 1 aliphatic heterocycles. The highest BCUT2D eigenvalue weighted by atomic mass is 16.4. The third kappa shape index (κ3) is 3.61. The van der Waals surface area contributed by atoms with Crippen molar-refractivity contribution in [3.05, 3.63) is 0 Å². The first-order valence-corrected chi connectivity index (χ1v) is 6.24. The number of rotatable bonds is 3. The molecule has 1 heterocycles. The second-order valence-corrected chi connectivity index (χ2v) is 4.94. The lowest BCUT2D eigenvalue weighted by Crippen LogP contribution is -2.51. The normalized spacial score (nSPS) is 26.4. The van der Waals surface area contributed by atoms with Crippen LogP contribution in [0, 0.1) is 11.8 Å². The topological polar surface area (TPSA) is 69.6 Å². The number of carbonyl (C=O) groups excluding carboxylic acids is 1. The van der Waals surface area contributed by atoms with Gasteiger partial charge in [0.05, 0.1) is 0 Å². The first kappa shape index (κ1) is 13.8. The Hall–Kier alpha value is -1.26. The Bertz CT molecular complexity index is 293. The molecule has 2 N–H and O–H groups in total. The van der Waals surface area contributed by atoms with Crippen LogP contribution in [-0.4, -0.2) is 41.1 Å². The van der Waals surface area contributed by atoms with Crippen molar-refractivity contribution in [2.45, 2.75) is 39.7 Å². The van der Waals surface area contributed by atoms with Gasteiger partial charge in [0.15, 0.2) is 0 Å². The van der Waals surface area contributed by atoms with E-state index in [0.29, 0.717) is 31.3 Å². The van der Waals surface area contributed by atoms with Gasteiger partial charge in [-0.15, -0.1) is 0 Å². The quantitative estimate of drug-likeness (QED) is 0.788. The summed E-state index contributed by atoms with van der Waals surface area (Å²) in [5, 5.41) is 11.4. The van der Waals surface area contributed by atoms with Gasteiger partial charge in [-0.2, -0.15) is 0 Å². The number of hydrogen-bond acceptors (Lipinski definition) is 2. The molecule has 1 saturated heterocycles. The molecule has 0 saturated carbocycles. The molecule has 0 aromatic heterocycles. The molecule has 0 radical (unpaired) electrons. The van der Waals surface area contributed by atoms with Crippen molar-refractivity contribution in [2.75, 3.05) is 13.1 Å². The third-order valence-electron chi connectivity index (χ3n) is 3.63. The SMILES string of the molecule is CC[C@H](NC(=O)N1CCC(C)C(C)C1)C(=O)O. The molecule has 1 rings (SSSR count). The van der Waals surface area contributed by atoms with E-state index in [1.807, 2.05) is 0 Å². The average molecular weight is 242 g/mol. The molecule has 98 valence electrons. The van der Waals surface area contributed by atoms with Gasteiger partial charge in [-0.1, -0.05) is 20.8 Å². The molecule has 5 nitrogen and oxygen atoms in total. The van der Waals surface area contributed by atoms with Crippen molar-refractivity contribution >= 4 is 12.0 Å². The number of carbonyl (C=O) groups is 2. The molecule has 0 bridgehead atoms. The van der Waals surface area contributed by atoms with Crippen LogP contribution < -0.4 is 5.32 Å². The fourth-order valence-electron chi connectivity index (χ4n) is 2.03. The molecule has 3 atom stereocenters. The zero-order valence-corrected chi connectivity index (χ0v) is 10.8. The van der Waals surface area contributed by atoms with Gasteiger partial charge in [0.2, 0.25) is 0 Å². The molecule has 17 heavy (non-hydrogen) atoms. The van der Waals surface area contributed by atoms with Gasteiger partial charge in [0.1, 0.15) is 6.04 Å². The summed E-state index contributed by atoms with van der Waals surface area (Å²) < 4.78 is 0. The number of amides is 2. The van der Waals surface area contributed by atoms with Gasteiger partial charge in [0, 0.05) is 13.1 Å². The van der Waals surface area contributed by atoms with E-state index in [9.17, 15) is 9.59 Å². The Morgan fingerprint density at radius 1 is 1.41 bits per heavy atom. The number of carboxylic acid groups (broad SMARTS) is 1. The highest BCUT2D eigenvalue weighted by Crippen LogP contribution is 2.22. The Kier molecular flexibility index (Phi) is 4.78. The van der Waals surface area contributed by atoms with Crippen molar-refractivity contribution in [1.29, 1.82) is 0 Å². The third-order valence-corrected chi connectivity index (χ3v) is 3.63. The van der Waals surface area contributed by atoms with Gasteiger partial charge in [-0.3, -0.25) is 0 Å². The summed E-state index contributed by atoms with van der Waals surface area (Å²) in [5.41, 5.74) is 0. The zero-order chi connectivity index (χ0) is 13.0. The predicted octanol–water partition coefficient (Wildman–Crippen LogP) is 1.54. The molecular weight excluding hydrogens is 220 g/mol. The molecule has 2 unspecified atom stereocenters. The maximum atomic E-state index is 11.9. The van der Waals surface area contributed by atoms with Crippen LogP contribution in [0.2, 0.25) is 0 Å². The van der Waals surface area contributed by atoms with Crippen LogP contribution in [0.25, 0.3) is 0 Å². The summed E-state index contributed by atoms with van der Waals surface area (Å²) in [6.45, 7) is 7.49. The van der Waals surface area contributed by atoms with Crippen LogP contribution in [0.5, 0.6) is 0 Å². The van der Waals surface area contributed by atoms with E-state index in [1.54, 1.807) is 11.8 Å². The minimum atomic E-state index is -0.973. The minimum absolute atomic E-state index is 0.252. The molecule has 0 spiro atoms. The van der Waals surface area contributed by atoms with Gasteiger partial charge < -0.3 is 15.3 Å². The van der Waals surface area contributed by atoms with E-state index in [0.717, 1.165) is 6.42 Å². The number of urea groups is 1. The van der Waals surface area contributed by atoms with E-state index < -0.39 is 12.0 Å². The van der Waals surface area contributed by atoms with Crippen LogP contribution in [0.4, 0.5) is 4.79 Å². The maximum Gasteiger partial charge on any atom is 0.326 e. The highest BCUT2D eigenvalue weighted by molar-refractivity contribution is 5.82. The first-order valence-electron chi connectivity index (χ1n) is 6.24. The molecule has 0 aromatic carbocycles. The van der Waals surface area contributed by atoms with Gasteiger partial charge >= 0.3 is 12.0 Å². The largest absolute Gasteiger partial charge is 0.480 e. The van der Waals surface area contributed by atoms with Crippen LogP contribution in [0.15, 0.2) is 0 Å². The standard InChI is InChI=1S/C12H22N2O3/c1-4-10(11(15)16)13-12(17)14-6-5-8(2)9(3)7-14/h8-10H,4-7H2,1-3H3,(H,13,17)(H,15,16)/t8?,9?,10-/m0/s1. The summed E-state index contributed by atoms with van der Waals surface area (Å²) in [7, 11) is 0. The lowest BCUT2D eigenvalue weighted by Gasteiger charge is -2.35. The number of likely N-dealkylation sites (tertiary alicyclic amines) is 1. The molecule has 2 amide bonds. The molecular formula is C12H22N2O3. The van der Waals surface area contributed by atoms with Crippen LogP contribution in [0.3, 0.4) is 0 Å². The van der Waals surface area contributed by atoms with E-state index >= 15 is 0 Å². The lowest BCUT2D eigenvalue weighted by molar-refractivity contribution is -0.139. The number of carboxylic acids is 1. The molecule has 1 fully saturated rings. The second kappa shape index (κ2) is 5.89. The number of piperidine rings is 1. The van der Waals surface area contributed by atoms with Crippen molar-refractivity contribution in [1.82, 2.24) is 10.2 Å². The molecule has 0 aliphatic carbocycles. The summed E-state index contributed by atoms with van der Waals surface area (Å²) in [6, 6.07) is -1.03. The second-order valence-electron chi connectivity index (χ2n) is 4.94. The van der Waals surface area contributed by atoms with E-state index in [4.69, 9.17) is 5.11 Å². The van der Waals surface area contributed by atoms with Crippen LogP contribution >= 0.6 is 0 Å². The molecule has 5 heteroatoms. The Labute approximate surface area is 102 Å².